The standard InChI is InChI=1S/C3H4O2.C2H3.Li/c1-2-3(4)5;1-2;/h2H,1H2,(H,4,5);1H,2H2;/q;-1;+1. The van der Waals surface area contributed by atoms with E-state index in [0.29, 0.717) is 0 Å². The van der Waals surface area contributed by atoms with E-state index in [9.17, 15) is 4.79 Å². The minimum atomic E-state index is -0.981. The summed E-state index contributed by atoms with van der Waals surface area (Å²) in [7, 11) is 0. The van der Waals surface area contributed by atoms with E-state index in [1.807, 2.05) is 0 Å². The van der Waals surface area contributed by atoms with Crippen molar-refractivity contribution in [1.29, 1.82) is 0 Å². The van der Waals surface area contributed by atoms with Gasteiger partial charge in [0, 0.05) is 6.08 Å². The molecule has 0 aliphatic heterocycles. The second kappa shape index (κ2) is 16.0. The molecule has 3 heteroatoms. The van der Waals surface area contributed by atoms with Crippen molar-refractivity contribution in [2.45, 2.75) is 0 Å². The molecule has 0 radical (unpaired) electrons. The van der Waals surface area contributed by atoms with Crippen LogP contribution < -0.4 is 18.9 Å². The van der Waals surface area contributed by atoms with Crippen LogP contribution in [0.2, 0.25) is 0 Å². The fraction of sp³-hybridized carbons (Fsp3) is 0. The average Bonchev–Trinajstić information content (AvgIpc) is 1.73. The van der Waals surface area contributed by atoms with E-state index in [1.54, 1.807) is 0 Å². The summed E-state index contributed by atoms with van der Waals surface area (Å²) in [5.41, 5.74) is 0. The first kappa shape index (κ1) is 15.6. The van der Waals surface area contributed by atoms with Gasteiger partial charge in [0.25, 0.3) is 0 Å². The molecule has 0 aromatic rings. The Morgan fingerprint density at radius 1 is 1.62 bits per heavy atom. The monoisotopic (exact) mass is 106 g/mol. The largest absolute Gasteiger partial charge is 1.00 e. The Bertz CT molecular complexity index is 70.8. The van der Waals surface area contributed by atoms with Crippen molar-refractivity contribution in [3.05, 3.63) is 25.8 Å². The van der Waals surface area contributed by atoms with E-state index in [0.717, 1.165) is 6.08 Å². The number of hydrogen-bond donors (Lipinski definition) is 1. The summed E-state index contributed by atoms with van der Waals surface area (Å²) in [6.45, 7) is 9.96. The van der Waals surface area contributed by atoms with Gasteiger partial charge in [-0.3, -0.25) is 6.58 Å². The number of carbonyl (C=O) groups is 1. The number of carboxylic acids is 1. The van der Waals surface area contributed by atoms with Gasteiger partial charge in [-0.25, -0.2) is 4.79 Å². The van der Waals surface area contributed by atoms with Gasteiger partial charge in [-0.2, -0.15) is 0 Å². The Morgan fingerprint density at radius 3 is 1.75 bits per heavy atom. The third-order valence-corrected chi connectivity index (χ3v) is 0.175. The van der Waals surface area contributed by atoms with Gasteiger partial charge in [0.05, 0.1) is 0 Å². The minimum absolute atomic E-state index is 0. The van der Waals surface area contributed by atoms with Crippen molar-refractivity contribution >= 4 is 5.97 Å². The fourth-order valence-electron chi connectivity index (χ4n) is 0. The molecule has 0 rings (SSSR count). The summed E-state index contributed by atoms with van der Waals surface area (Å²) in [6, 6.07) is 0. The van der Waals surface area contributed by atoms with Crippen LogP contribution in [-0.4, -0.2) is 11.1 Å². The molecule has 8 heavy (non-hydrogen) atoms. The first-order valence-corrected chi connectivity index (χ1v) is 1.53. The molecule has 0 heterocycles. The third kappa shape index (κ3) is 47.9. The number of aliphatic carboxylic acids is 1. The predicted octanol–water partition coefficient (Wildman–Crippen LogP) is -2.13. The molecule has 0 aromatic carbocycles. The average molecular weight is 106 g/mol. The van der Waals surface area contributed by atoms with Gasteiger partial charge in [0.2, 0.25) is 0 Å². The van der Waals surface area contributed by atoms with E-state index >= 15 is 0 Å². The van der Waals surface area contributed by atoms with E-state index < -0.39 is 5.97 Å². The van der Waals surface area contributed by atoms with Crippen LogP contribution in [0.1, 0.15) is 0 Å². The number of carboxylic acid groups (broad SMARTS) is 1. The van der Waals surface area contributed by atoms with Gasteiger partial charge in [-0.05, 0) is 0 Å². The van der Waals surface area contributed by atoms with Gasteiger partial charge < -0.3 is 11.7 Å². The van der Waals surface area contributed by atoms with Crippen LogP contribution in [0.25, 0.3) is 0 Å². The molecule has 0 aliphatic carbocycles. The molecule has 0 saturated carbocycles. The van der Waals surface area contributed by atoms with Crippen LogP contribution in [0.4, 0.5) is 0 Å². The zero-order valence-corrected chi connectivity index (χ0v) is 4.92. The summed E-state index contributed by atoms with van der Waals surface area (Å²) in [5, 5.41) is 7.60. The summed E-state index contributed by atoms with van der Waals surface area (Å²) < 4.78 is 0. The summed E-state index contributed by atoms with van der Waals surface area (Å²) in [5.74, 6) is -0.981. The Balaban J connectivity index is -0.0000000750. The molecule has 0 unspecified atom stereocenters. The summed E-state index contributed by atoms with van der Waals surface area (Å²) >= 11 is 0. The van der Waals surface area contributed by atoms with E-state index in [4.69, 9.17) is 5.11 Å². The van der Waals surface area contributed by atoms with Gasteiger partial charge in [-0.1, -0.05) is 6.58 Å². The molecule has 0 spiro atoms. The van der Waals surface area contributed by atoms with Crippen molar-refractivity contribution < 1.29 is 28.8 Å². The van der Waals surface area contributed by atoms with Crippen molar-refractivity contribution in [3.63, 3.8) is 0 Å². The van der Waals surface area contributed by atoms with Crippen LogP contribution in [0, 0.1) is 6.58 Å². The molecule has 0 amide bonds. The van der Waals surface area contributed by atoms with Crippen LogP contribution in [0.3, 0.4) is 0 Å². The predicted molar refractivity (Wildman–Crippen MR) is 27.8 cm³/mol. The third-order valence-electron chi connectivity index (χ3n) is 0.175. The Labute approximate surface area is 61.1 Å². The maximum atomic E-state index is 9.25. The molecule has 0 bridgehead atoms. The first-order chi connectivity index (χ1) is 3.27. The van der Waals surface area contributed by atoms with E-state index in [1.165, 1.54) is 0 Å². The van der Waals surface area contributed by atoms with Gasteiger partial charge >= 0.3 is 24.8 Å². The molecule has 0 atom stereocenters. The Morgan fingerprint density at radius 2 is 1.75 bits per heavy atom. The maximum absolute atomic E-state index is 9.25. The summed E-state index contributed by atoms with van der Waals surface area (Å²) in [4.78, 5) is 9.25. The number of rotatable bonds is 1. The van der Waals surface area contributed by atoms with Crippen molar-refractivity contribution in [3.8, 4) is 0 Å². The second-order valence-electron chi connectivity index (χ2n) is 0.542. The van der Waals surface area contributed by atoms with Gasteiger partial charge in [0.1, 0.15) is 0 Å². The second-order valence-corrected chi connectivity index (χ2v) is 0.542. The van der Waals surface area contributed by atoms with Crippen LogP contribution in [0.15, 0.2) is 19.2 Å². The zero-order valence-electron chi connectivity index (χ0n) is 4.92. The first-order valence-electron chi connectivity index (χ1n) is 1.53. The molecule has 2 nitrogen and oxygen atoms in total. The summed E-state index contributed by atoms with van der Waals surface area (Å²) in [6.07, 6.45) is 0.833. The Kier molecular flexibility index (Phi) is 31.3. The molecule has 0 aliphatic rings. The van der Waals surface area contributed by atoms with Gasteiger partial charge in [-0.15, -0.1) is 0 Å². The van der Waals surface area contributed by atoms with Crippen molar-refractivity contribution in [1.82, 2.24) is 0 Å². The van der Waals surface area contributed by atoms with Gasteiger partial charge in [0.15, 0.2) is 0 Å². The van der Waals surface area contributed by atoms with Crippen LogP contribution in [-0.2, 0) is 4.79 Å². The van der Waals surface area contributed by atoms with Crippen molar-refractivity contribution in [2.75, 3.05) is 0 Å². The molecule has 0 fully saturated rings. The van der Waals surface area contributed by atoms with Crippen LogP contribution in [0.5, 0.6) is 0 Å². The quantitative estimate of drug-likeness (QED) is 0.235. The topological polar surface area (TPSA) is 37.3 Å². The fourth-order valence-corrected chi connectivity index (χ4v) is 0. The Hall–Kier alpha value is -0.453. The molecule has 0 aromatic heterocycles. The zero-order chi connectivity index (χ0) is 6.28. The number of hydrogen-bond acceptors (Lipinski definition) is 1. The van der Waals surface area contributed by atoms with Crippen LogP contribution >= 0.6 is 0 Å². The normalized spacial score (nSPS) is 4.50. The molecule has 40 valence electrons. The molecule has 0 saturated heterocycles. The molecular weight excluding hydrogens is 99.0 g/mol. The SMILES string of the molecule is C=CC(=O)O.[CH-]=C.[Li+]. The molecular formula is C5H7LiO2. The maximum Gasteiger partial charge on any atom is 1.00 e. The van der Waals surface area contributed by atoms with E-state index in [2.05, 4.69) is 19.7 Å². The molecule has 1 N–H and O–H groups in total. The minimum Gasteiger partial charge on any atom is -0.521 e. The van der Waals surface area contributed by atoms with Crippen molar-refractivity contribution in [2.24, 2.45) is 0 Å². The van der Waals surface area contributed by atoms with E-state index in [-0.39, 0.29) is 18.9 Å². The smallest absolute Gasteiger partial charge is 0.521 e.